The number of amides is 2. The first kappa shape index (κ1) is 18.8. The molecule has 0 unspecified atom stereocenters. The highest BCUT2D eigenvalue weighted by Gasteiger charge is 2.25. The van der Waals surface area contributed by atoms with Crippen molar-refractivity contribution in [3.05, 3.63) is 52.1 Å². The maximum atomic E-state index is 12.6. The van der Waals surface area contributed by atoms with Gasteiger partial charge in [-0.05, 0) is 43.2 Å². The molecule has 0 saturated heterocycles. The number of carbonyl (C=O) groups is 2. The van der Waals surface area contributed by atoms with Gasteiger partial charge in [-0.15, -0.1) is 0 Å². The number of nitrogens with one attached hydrogen (secondary N) is 3. The molecule has 1 saturated carbocycles. The van der Waals surface area contributed by atoms with Crippen LogP contribution in [0.4, 0.5) is 22.2 Å². The van der Waals surface area contributed by atoms with Gasteiger partial charge in [-0.25, -0.2) is 4.98 Å². The Morgan fingerprint density at radius 3 is 2.66 bits per heavy atom. The van der Waals surface area contributed by atoms with Gasteiger partial charge in [-0.1, -0.05) is 11.3 Å². The van der Waals surface area contributed by atoms with E-state index in [9.17, 15) is 19.7 Å². The van der Waals surface area contributed by atoms with Crippen molar-refractivity contribution < 1.29 is 14.5 Å². The first-order valence-electron chi connectivity index (χ1n) is 8.93. The van der Waals surface area contributed by atoms with Crippen LogP contribution in [0.25, 0.3) is 10.2 Å². The molecule has 0 atom stereocenters. The Morgan fingerprint density at radius 2 is 1.97 bits per heavy atom. The summed E-state index contributed by atoms with van der Waals surface area (Å²) in [6, 6.07) is 9.88. The van der Waals surface area contributed by atoms with Gasteiger partial charge in [0.1, 0.15) is 5.69 Å². The zero-order valence-electron chi connectivity index (χ0n) is 15.4. The molecule has 148 valence electrons. The van der Waals surface area contributed by atoms with Gasteiger partial charge in [-0.2, -0.15) is 0 Å². The van der Waals surface area contributed by atoms with Gasteiger partial charge >= 0.3 is 0 Å². The van der Waals surface area contributed by atoms with Gasteiger partial charge in [0.2, 0.25) is 5.91 Å². The summed E-state index contributed by atoms with van der Waals surface area (Å²) >= 11 is 1.25. The van der Waals surface area contributed by atoms with Gasteiger partial charge in [0.25, 0.3) is 11.6 Å². The Labute approximate surface area is 169 Å². The number of fused-ring (bicyclic) bond motifs is 1. The van der Waals surface area contributed by atoms with Crippen LogP contribution in [-0.4, -0.2) is 27.8 Å². The number of rotatable bonds is 6. The van der Waals surface area contributed by atoms with Crippen LogP contribution in [0.3, 0.4) is 0 Å². The number of aromatic nitrogens is 1. The molecule has 4 rings (SSSR count). The zero-order chi connectivity index (χ0) is 20.5. The molecule has 1 fully saturated rings. The Hall–Kier alpha value is -3.53. The van der Waals surface area contributed by atoms with Crippen LogP contribution in [0, 0.1) is 10.1 Å². The lowest BCUT2D eigenvalue weighted by molar-refractivity contribution is -0.384. The fraction of sp³-hybridized carbons (Fsp3) is 0.211. The zero-order valence-corrected chi connectivity index (χ0v) is 16.2. The SMILES string of the molecule is CC(=O)Nc1ccc2nc(NC(=O)c3ccc(NC4CC4)c([N+](=O)[O-])c3)sc2c1. The topological polar surface area (TPSA) is 126 Å². The molecule has 1 aliphatic carbocycles. The van der Waals surface area contributed by atoms with Gasteiger partial charge in [0, 0.05) is 30.3 Å². The predicted molar refractivity (Wildman–Crippen MR) is 112 cm³/mol. The Balaban J connectivity index is 1.54. The smallest absolute Gasteiger partial charge is 0.293 e. The monoisotopic (exact) mass is 411 g/mol. The van der Waals surface area contributed by atoms with Crippen LogP contribution in [0.1, 0.15) is 30.1 Å². The Kier molecular flexibility index (Phi) is 4.85. The molecule has 0 radical (unpaired) electrons. The van der Waals surface area contributed by atoms with Gasteiger partial charge in [0.15, 0.2) is 5.13 Å². The van der Waals surface area contributed by atoms with Crippen molar-refractivity contribution in [3.63, 3.8) is 0 Å². The standard InChI is InChI=1S/C19H17N5O4S/c1-10(25)20-13-5-7-15-17(9-13)29-19(22-15)23-18(26)11-2-6-14(21-12-3-4-12)16(8-11)24(27)28/h2,5-9,12,21H,3-4H2,1H3,(H,20,25)(H,22,23,26). The molecule has 1 aliphatic rings. The van der Waals surface area contributed by atoms with Crippen LogP contribution >= 0.6 is 11.3 Å². The first-order valence-corrected chi connectivity index (χ1v) is 9.75. The average molecular weight is 411 g/mol. The number of hydrogen-bond acceptors (Lipinski definition) is 7. The molecule has 0 aliphatic heterocycles. The van der Waals surface area contributed by atoms with E-state index in [1.165, 1.54) is 24.3 Å². The largest absolute Gasteiger partial charge is 0.377 e. The maximum Gasteiger partial charge on any atom is 0.293 e. The Morgan fingerprint density at radius 1 is 1.17 bits per heavy atom. The molecule has 9 nitrogen and oxygen atoms in total. The lowest BCUT2D eigenvalue weighted by Crippen LogP contribution is -2.13. The van der Waals surface area contributed by atoms with Crippen LogP contribution in [0.2, 0.25) is 0 Å². The van der Waals surface area contributed by atoms with Crippen molar-refractivity contribution in [2.24, 2.45) is 0 Å². The lowest BCUT2D eigenvalue weighted by atomic mass is 10.1. The average Bonchev–Trinajstić information content (AvgIpc) is 3.38. The van der Waals surface area contributed by atoms with Crippen molar-refractivity contribution in [2.75, 3.05) is 16.0 Å². The second kappa shape index (κ2) is 7.47. The van der Waals surface area contributed by atoms with Crippen LogP contribution < -0.4 is 16.0 Å². The van der Waals surface area contributed by atoms with E-state index in [0.29, 0.717) is 22.0 Å². The normalized spacial score (nSPS) is 13.1. The number of carbonyl (C=O) groups excluding carboxylic acids is 2. The highest BCUT2D eigenvalue weighted by molar-refractivity contribution is 7.22. The van der Waals surface area contributed by atoms with Crippen molar-refractivity contribution >= 4 is 55.6 Å². The van der Waals surface area contributed by atoms with Crippen LogP contribution in [0.5, 0.6) is 0 Å². The molecule has 10 heteroatoms. The fourth-order valence-electron chi connectivity index (χ4n) is 2.82. The second-order valence-corrected chi connectivity index (χ2v) is 7.78. The number of nitrogens with zero attached hydrogens (tertiary/aromatic N) is 2. The minimum atomic E-state index is -0.497. The molecule has 29 heavy (non-hydrogen) atoms. The van der Waals surface area contributed by atoms with E-state index in [2.05, 4.69) is 20.9 Å². The van der Waals surface area contributed by atoms with E-state index in [-0.39, 0.29) is 23.2 Å². The molecule has 2 amide bonds. The summed E-state index contributed by atoms with van der Waals surface area (Å²) in [4.78, 5) is 39.0. The van der Waals surface area contributed by atoms with Gasteiger partial charge in [-0.3, -0.25) is 25.0 Å². The molecular formula is C19H17N5O4S. The first-order chi connectivity index (χ1) is 13.9. The highest BCUT2D eigenvalue weighted by atomic mass is 32.1. The number of thiazole rings is 1. The Bertz CT molecular complexity index is 1140. The number of nitro benzene ring substituents is 1. The summed E-state index contributed by atoms with van der Waals surface area (Å²) < 4.78 is 0.793. The summed E-state index contributed by atoms with van der Waals surface area (Å²) in [5.41, 5.74) is 1.78. The third-order valence-corrected chi connectivity index (χ3v) is 5.26. The van der Waals surface area contributed by atoms with E-state index >= 15 is 0 Å². The molecular weight excluding hydrogens is 394 g/mol. The van der Waals surface area contributed by atoms with Crippen molar-refractivity contribution in [2.45, 2.75) is 25.8 Å². The third-order valence-electron chi connectivity index (χ3n) is 4.32. The summed E-state index contributed by atoms with van der Waals surface area (Å²) in [7, 11) is 0. The summed E-state index contributed by atoms with van der Waals surface area (Å²) in [5, 5.41) is 20.2. The molecule has 1 aromatic heterocycles. The number of benzene rings is 2. The number of anilines is 3. The maximum absolute atomic E-state index is 12.6. The molecule has 0 bridgehead atoms. The molecule has 0 spiro atoms. The van der Waals surface area contributed by atoms with Gasteiger partial charge in [0.05, 0.1) is 15.1 Å². The second-order valence-electron chi connectivity index (χ2n) is 6.74. The molecule has 3 aromatic rings. The van der Waals surface area contributed by atoms with E-state index in [0.717, 1.165) is 17.5 Å². The summed E-state index contributed by atoms with van der Waals surface area (Å²) in [5.74, 6) is -0.657. The van der Waals surface area contributed by atoms with Crippen molar-refractivity contribution in [3.8, 4) is 0 Å². The number of hydrogen-bond donors (Lipinski definition) is 3. The van der Waals surface area contributed by atoms with E-state index in [4.69, 9.17) is 0 Å². The van der Waals surface area contributed by atoms with E-state index in [1.807, 2.05) is 0 Å². The van der Waals surface area contributed by atoms with E-state index < -0.39 is 10.8 Å². The summed E-state index contributed by atoms with van der Waals surface area (Å²) in [6.07, 6.45) is 1.97. The summed E-state index contributed by atoms with van der Waals surface area (Å²) in [6.45, 7) is 1.42. The minimum absolute atomic E-state index is 0.131. The third kappa shape index (κ3) is 4.32. The predicted octanol–water partition coefficient (Wildman–Crippen LogP) is 3.99. The lowest BCUT2D eigenvalue weighted by Gasteiger charge is -2.07. The van der Waals surface area contributed by atoms with Crippen molar-refractivity contribution in [1.29, 1.82) is 0 Å². The minimum Gasteiger partial charge on any atom is -0.377 e. The quantitative estimate of drug-likeness (QED) is 0.416. The van der Waals surface area contributed by atoms with Gasteiger partial charge < -0.3 is 10.6 Å². The van der Waals surface area contributed by atoms with Crippen LogP contribution in [-0.2, 0) is 4.79 Å². The van der Waals surface area contributed by atoms with Crippen molar-refractivity contribution in [1.82, 2.24) is 4.98 Å². The van der Waals surface area contributed by atoms with Crippen LogP contribution in [0.15, 0.2) is 36.4 Å². The molecule has 3 N–H and O–H groups in total. The van der Waals surface area contributed by atoms with E-state index in [1.54, 1.807) is 30.3 Å². The fourth-order valence-corrected chi connectivity index (χ4v) is 3.72. The molecule has 1 heterocycles. The number of nitro groups is 1. The molecule has 2 aromatic carbocycles. The highest BCUT2D eigenvalue weighted by Crippen LogP contribution is 2.32.